The molecule has 2 aromatic carbocycles. The fourth-order valence-corrected chi connectivity index (χ4v) is 5.01. The van der Waals surface area contributed by atoms with Gasteiger partial charge in [-0.1, -0.05) is 65.0 Å². The average Bonchev–Trinajstić information content (AvgIpc) is 3.52. The van der Waals surface area contributed by atoms with Crippen molar-refractivity contribution in [2.24, 2.45) is 11.8 Å². The molecular weight excluding hydrogens is 608 g/mol. The van der Waals surface area contributed by atoms with Gasteiger partial charge in [0.1, 0.15) is 5.58 Å². The molecule has 260 valence electrons. The first-order valence-electron chi connectivity index (χ1n) is 16.2. The molecular formula is C36H52N8O4. The molecule has 0 fully saturated rings. The van der Waals surface area contributed by atoms with Gasteiger partial charge in [0, 0.05) is 53.3 Å². The van der Waals surface area contributed by atoms with E-state index in [1.165, 1.54) is 0 Å². The summed E-state index contributed by atoms with van der Waals surface area (Å²) >= 11 is 0. The third kappa shape index (κ3) is 10.7. The van der Waals surface area contributed by atoms with Gasteiger partial charge in [0.2, 0.25) is 0 Å². The zero-order valence-corrected chi connectivity index (χ0v) is 29.4. The number of carbonyl (C=O) groups is 1. The van der Waals surface area contributed by atoms with Crippen molar-refractivity contribution in [3.05, 3.63) is 93.2 Å². The number of fused-ring (bicyclic) bond motifs is 1. The topological polar surface area (TPSA) is 186 Å². The number of benzene rings is 2. The van der Waals surface area contributed by atoms with Crippen LogP contribution in [-0.2, 0) is 17.8 Å². The zero-order valence-electron chi connectivity index (χ0n) is 29.4. The maximum atomic E-state index is 12.3. The van der Waals surface area contributed by atoms with Crippen molar-refractivity contribution in [1.29, 1.82) is 0 Å². The van der Waals surface area contributed by atoms with E-state index in [2.05, 4.69) is 73.1 Å². The third-order valence-electron chi connectivity index (χ3n) is 7.95. The molecule has 8 N–H and O–H groups in total. The first kappa shape index (κ1) is 39.1. The van der Waals surface area contributed by atoms with Crippen LogP contribution >= 0.6 is 0 Å². The summed E-state index contributed by atoms with van der Waals surface area (Å²) in [5, 5.41) is 23.1. The van der Waals surface area contributed by atoms with Gasteiger partial charge in [-0.25, -0.2) is 9.48 Å². The van der Waals surface area contributed by atoms with Crippen molar-refractivity contribution < 1.29 is 14.3 Å². The van der Waals surface area contributed by atoms with E-state index in [1.807, 2.05) is 68.2 Å². The molecule has 0 amide bonds. The van der Waals surface area contributed by atoms with Crippen molar-refractivity contribution in [2.45, 2.75) is 80.2 Å². The molecule has 4 rings (SSSR count). The first-order valence-corrected chi connectivity index (χ1v) is 16.2. The Morgan fingerprint density at radius 3 is 2.33 bits per heavy atom. The van der Waals surface area contributed by atoms with Gasteiger partial charge in [-0.15, -0.1) is 5.10 Å². The predicted molar refractivity (Wildman–Crippen MR) is 197 cm³/mol. The van der Waals surface area contributed by atoms with Crippen molar-refractivity contribution in [1.82, 2.24) is 20.3 Å². The number of nitrogens with one attached hydrogen (secondary N) is 3. The molecule has 0 saturated carbocycles. The van der Waals surface area contributed by atoms with Crippen molar-refractivity contribution in [3.8, 4) is 0 Å². The largest absolute Gasteiger partial charge is 0.483 e. The lowest BCUT2D eigenvalue weighted by Gasteiger charge is -2.13. The summed E-state index contributed by atoms with van der Waals surface area (Å²) in [6.45, 7) is 15.1. The van der Waals surface area contributed by atoms with Crippen LogP contribution < -0.4 is 33.3 Å². The molecule has 0 aliphatic carbocycles. The van der Waals surface area contributed by atoms with E-state index >= 15 is 0 Å². The second-order valence-electron chi connectivity index (χ2n) is 11.5. The van der Waals surface area contributed by atoms with Gasteiger partial charge in [-0.05, 0) is 67.5 Å². The van der Waals surface area contributed by atoms with Crippen LogP contribution in [0.4, 0.5) is 17.1 Å². The van der Waals surface area contributed by atoms with E-state index in [9.17, 15) is 4.79 Å². The molecule has 12 nitrogen and oxygen atoms in total. The number of carboxylic acid groups (broad SMARTS) is 1. The minimum Gasteiger partial charge on any atom is -0.483 e. The summed E-state index contributed by atoms with van der Waals surface area (Å²) in [4.78, 5) is 20.6. The van der Waals surface area contributed by atoms with Crippen LogP contribution in [0.1, 0.15) is 82.7 Å². The van der Waals surface area contributed by atoms with E-state index in [1.54, 1.807) is 0 Å². The average molecular weight is 661 g/mol. The number of allylic oxidation sites excluding steroid dienone is 3. The number of aromatic nitrogens is 3. The zero-order chi connectivity index (χ0) is 35.8. The van der Waals surface area contributed by atoms with Gasteiger partial charge < -0.3 is 31.3 Å². The summed E-state index contributed by atoms with van der Waals surface area (Å²) in [5.74, 6) is 6.19. The van der Waals surface area contributed by atoms with Crippen LogP contribution in [0.3, 0.4) is 0 Å². The van der Waals surface area contributed by atoms with Crippen LogP contribution in [0.15, 0.2) is 69.7 Å². The highest BCUT2D eigenvalue weighted by atomic mass is 16.4. The van der Waals surface area contributed by atoms with E-state index in [0.717, 1.165) is 63.4 Å². The number of nitrogen functional groups attached to an aromatic ring is 2. The summed E-state index contributed by atoms with van der Waals surface area (Å²) < 4.78 is 7.44. The number of anilines is 3. The maximum Gasteiger partial charge on any atom is 0.339 e. The number of aryl methyl sites for hydroxylation is 1. The Labute approximate surface area is 283 Å². The number of hydrazine groups is 1. The smallest absolute Gasteiger partial charge is 0.339 e. The van der Waals surface area contributed by atoms with E-state index in [4.69, 9.17) is 25.9 Å². The Morgan fingerprint density at radius 1 is 1.08 bits per heavy atom. The summed E-state index contributed by atoms with van der Waals surface area (Å²) in [5.41, 5.74) is 16.9. The van der Waals surface area contributed by atoms with Crippen molar-refractivity contribution in [3.63, 3.8) is 0 Å². The number of hydrogen-bond acceptors (Lipinski definition) is 10. The number of hydrogen-bond donors (Lipinski definition) is 6. The number of rotatable bonds is 12. The van der Waals surface area contributed by atoms with Gasteiger partial charge in [0.05, 0.1) is 23.6 Å². The van der Waals surface area contributed by atoms with Crippen LogP contribution in [0, 0.1) is 12.8 Å². The van der Waals surface area contributed by atoms with Gasteiger partial charge in [-0.3, -0.25) is 10.6 Å². The Balaban J connectivity index is 0.000000372. The van der Waals surface area contributed by atoms with Gasteiger partial charge in [0.15, 0.2) is 0 Å². The predicted octanol–water partition coefficient (Wildman–Crippen LogP) is 6.65. The standard InChI is InChI=1S/C24H32N4O2.C11H18N4.CH2O2/c1-7-9-19(13-28-14-22(26-27-28)16(5)15(3)4)25-18-10-11-21-17(6)20(8-2)24(29)30-23(21)12-18;1-3-4-10(14-2)8-5-6-11(15-13)9(12)7-8;2-1-3/h9-12,14-16,25H,7-8,13H2,1-6H3;4-7,14-15H,3,12-13H2,1-2H3;1H,(H,2,3)/b19-9+;10-4-;. The van der Waals surface area contributed by atoms with Crippen molar-refractivity contribution in [2.75, 3.05) is 23.5 Å². The van der Waals surface area contributed by atoms with Crippen LogP contribution in [0.2, 0.25) is 0 Å². The lowest BCUT2D eigenvalue weighted by molar-refractivity contribution is -0.122. The highest BCUT2D eigenvalue weighted by Crippen LogP contribution is 2.25. The molecule has 0 saturated heterocycles. The second-order valence-corrected chi connectivity index (χ2v) is 11.5. The monoisotopic (exact) mass is 660 g/mol. The summed E-state index contributed by atoms with van der Waals surface area (Å²) in [7, 11) is 1.90. The SMILES string of the molecule is CC/C=C(\Cn1cc(C(C)C(C)C)nn1)Nc1ccc2c(C)c(CC)c(=O)oc2c1.CC/C=C(\NC)c1ccc(NN)c(N)c1.O=CO. The lowest BCUT2D eigenvalue weighted by atomic mass is 9.95. The van der Waals surface area contributed by atoms with E-state index < -0.39 is 0 Å². The molecule has 1 atom stereocenters. The minimum absolute atomic E-state index is 0.250. The molecule has 1 unspecified atom stereocenters. The molecule has 48 heavy (non-hydrogen) atoms. The highest BCUT2D eigenvalue weighted by Gasteiger charge is 2.15. The fourth-order valence-electron chi connectivity index (χ4n) is 5.01. The summed E-state index contributed by atoms with van der Waals surface area (Å²) in [6.07, 6.45) is 8.82. The molecule has 4 aromatic rings. The van der Waals surface area contributed by atoms with Crippen LogP contribution in [0.5, 0.6) is 0 Å². The Bertz CT molecular complexity index is 1740. The Kier molecular flexibility index (Phi) is 15.9. The molecule has 2 heterocycles. The third-order valence-corrected chi connectivity index (χ3v) is 7.95. The number of nitrogens with two attached hydrogens (primary N) is 2. The fraction of sp³-hybridized carbons (Fsp3) is 0.389. The Morgan fingerprint density at radius 2 is 1.77 bits per heavy atom. The normalized spacial score (nSPS) is 12.0. The molecule has 0 spiro atoms. The quantitative estimate of drug-likeness (QED) is 0.0314. The molecule has 0 aliphatic rings. The van der Waals surface area contributed by atoms with E-state index in [0.29, 0.717) is 36.1 Å². The number of nitrogens with zero attached hydrogens (tertiary/aromatic N) is 3. The maximum absolute atomic E-state index is 12.3. The summed E-state index contributed by atoms with van der Waals surface area (Å²) in [6, 6.07) is 11.7. The van der Waals surface area contributed by atoms with Gasteiger partial charge in [0.25, 0.3) is 6.47 Å². The van der Waals surface area contributed by atoms with E-state index in [-0.39, 0.29) is 12.1 Å². The lowest BCUT2D eigenvalue weighted by Crippen LogP contribution is -2.11. The second kappa shape index (κ2) is 19.5. The molecule has 0 bridgehead atoms. The van der Waals surface area contributed by atoms with Gasteiger partial charge in [-0.2, -0.15) is 0 Å². The first-order chi connectivity index (χ1) is 23.0. The highest BCUT2D eigenvalue weighted by molar-refractivity contribution is 5.84. The molecule has 12 heteroatoms. The Hall–Kier alpha value is -5.10. The minimum atomic E-state index is -0.251. The van der Waals surface area contributed by atoms with Gasteiger partial charge >= 0.3 is 5.63 Å². The molecule has 0 radical (unpaired) electrons. The van der Waals surface area contributed by atoms with Crippen LogP contribution in [-0.4, -0.2) is 33.6 Å². The molecule has 2 aromatic heterocycles. The molecule has 0 aliphatic heterocycles. The van der Waals surface area contributed by atoms with Crippen molar-refractivity contribution >= 4 is 40.2 Å². The van der Waals surface area contributed by atoms with Crippen LogP contribution in [0.25, 0.3) is 16.7 Å².